The highest BCUT2D eigenvalue weighted by Crippen LogP contribution is 2.20. The van der Waals surface area contributed by atoms with Crippen molar-refractivity contribution in [1.29, 1.82) is 0 Å². The molecular weight excluding hydrogens is 366 g/mol. The molecule has 0 bridgehead atoms. The molecule has 0 radical (unpaired) electrons. The fourth-order valence-electron chi connectivity index (χ4n) is 3.79. The fourth-order valence-corrected chi connectivity index (χ4v) is 3.79. The lowest BCUT2D eigenvalue weighted by Gasteiger charge is -2.31. The van der Waals surface area contributed by atoms with E-state index in [2.05, 4.69) is 91.5 Å². The van der Waals surface area contributed by atoms with E-state index in [4.69, 9.17) is 0 Å². The van der Waals surface area contributed by atoms with Gasteiger partial charge in [0.05, 0.1) is 6.04 Å². The Labute approximate surface area is 181 Å². The summed E-state index contributed by atoms with van der Waals surface area (Å²) in [6, 6.07) is 31.2. The predicted octanol–water partition coefficient (Wildman–Crippen LogP) is 6.31. The molecule has 0 spiro atoms. The van der Waals surface area contributed by atoms with Crippen molar-refractivity contribution in [2.24, 2.45) is 5.92 Å². The van der Waals surface area contributed by atoms with E-state index in [1.54, 1.807) is 0 Å². The van der Waals surface area contributed by atoms with Crippen LogP contribution in [0, 0.1) is 5.92 Å². The third-order valence-corrected chi connectivity index (χ3v) is 5.51. The second-order valence-corrected chi connectivity index (χ2v) is 8.48. The zero-order valence-corrected chi connectivity index (χ0v) is 18.2. The lowest BCUT2D eigenvalue weighted by Crippen LogP contribution is -2.42. The lowest BCUT2D eigenvalue weighted by atomic mass is 9.94. The van der Waals surface area contributed by atoms with E-state index >= 15 is 0 Å². The van der Waals surface area contributed by atoms with Crippen LogP contribution in [0.25, 0.3) is 0 Å². The molecule has 2 nitrogen and oxygen atoms in total. The number of hydrogen-bond acceptors (Lipinski definition) is 2. The number of carbonyl (C=O) groups is 1. The standard InChI is InChI=1S/C28H33NO/c1-23(2)18-19-28(30)27(20-24-12-6-3-7-13-24)29(21-25-14-8-4-9-15-25)22-26-16-10-5-11-17-26/h3-17,23,27H,18-22H2,1-2H3/t27-/m0/s1. The second-order valence-electron chi connectivity index (χ2n) is 8.48. The molecule has 0 N–H and O–H groups in total. The van der Waals surface area contributed by atoms with Gasteiger partial charge in [-0.1, -0.05) is 105 Å². The van der Waals surface area contributed by atoms with Crippen LogP contribution < -0.4 is 0 Å². The number of carbonyl (C=O) groups excluding carboxylic acids is 1. The van der Waals surface area contributed by atoms with Crippen LogP contribution in [0.1, 0.15) is 43.4 Å². The Kier molecular flexibility index (Phi) is 8.41. The zero-order chi connectivity index (χ0) is 21.2. The first kappa shape index (κ1) is 22.0. The smallest absolute Gasteiger partial charge is 0.150 e. The number of rotatable bonds is 11. The molecule has 3 rings (SSSR count). The highest BCUT2D eigenvalue weighted by atomic mass is 16.1. The summed E-state index contributed by atoms with van der Waals surface area (Å²) in [7, 11) is 0. The molecule has 1 atom stereocenters. The SMILES string of the molecule is CC(C)CCC(=O)[C@H](Cc1ccccc1)N(Cc1ccccc1)Cc1ccccc1. The van der Waals surface area contributed by atoms with Crippen LogP contribution in [-0.2, 0) is 24.3 Å². The lowest BCUT2D eigenvalue weighted by molar-refractivity contribution is -0.125. The fraction of sp³-hybridized carbons (Fsp3) is 0.321. The Morgan fingerprint density at radius 2 is 1.13 bits per heavy atom. The third kappa shape index (κ3) is 6.96. The molecule has 30 heavy (non-hydrogen) atoms. The topological polar surface area (TPSA) is 20.3 Å². The number of nitrogens with zero attached hydrogens (tertiary/aromatic N) is 1. The first-order valence-corrected chi connectivity index (χ1v) is 11.0. The third-order valence-electron chi connectivity index (χ3n) is 5.51. The Hall–Kier alpha value is -2.71. The van der Waals surface area contributed by atoms with Gasteiger partial charge in [0.1, 0.15) is 5.78 Å². The van der Waals surface area contributed by atoms with Gasteiger partial charge in [0.25, 0.3) is 0 Å². The van der Waals surface area contributed by atoms with Gasteiger partial charge in [-0.25, -0.2) is 0 Å². The number of Topliss-reactive ketones (excluding diaryl/α,β-unsaturated/α-hetero) is 1. The quantitative estimate of drug-likeness (QED) is 0.377. The minimum absolute atomic E-state index is 0.133. The van der Waals surface area contributed by atoms with Gasteiger partial charge in [-0.15, -0.1) is 0 Å². The molecule has 0 saturated heterocycles. The summed E-state index contributed by atoms with van der Waals surface area (Å²) in [5.41, 5.74) is 3.69. The van der Waals surface area contributed by atoms with E-state index in [-0.39, 0.29) is 6.04 Å². The van der Waals surface area contributed by atoms with Crippen molar-refractivity contribution >= 4 is 5.78 Å². The van der Waals surface area contributed by atoms with E-state index < -0.39 is 0 Å². The largest absolute Gasteiger partial charge is 0.298 e. The van der Waals surface area contributed by atoms with Gasteiger partial charge in [0.2, 0.25) is 0 Å². The van der Waals surface area contributed by atoms with E-state index in [1.807, 2.05) is 18.2 Å². The molecular formula is C28H33NO. The van der Waals surface area contributed by atoms with Crippen molar-refractivity contribution < 1.29 is 4.79 Å². The molecule has 156 valence electrons. The van der Waals surface area contributed by atoms with Gasteiger partial charge in [0.15, 0.2) is 0 Å². The molecule has 3 aromatic rings. The van der Waals surface area contributed by atoms with E-state index in [0.29, 0.717) is 18.1 Å². The number of benzene rings is 3. The Balaban J connectivity index is 1.89. The van der Waals surface area contributed by atoms with Crippen molar-refractivity contribution in [1.82, 2.24) is 4.90 Å². The van der Waals surface area contributed by atoms with Crippen LogP contribution in [0.5, 0.6) is 0 Å². The van der Waals surface area contributed by atoms with E-state index in [1.165, 1.54) is 16.7 Å². The summed E-state index contributed by atoms with van der Waals surface area (Å²) < 4.78 is 0. The van der Waals surface area contributed by atoms with Gasteiger partial charge in [0, 0.05) is 19.5 Å². The van der Waals surface area contributed by atoms with Crippen molar-refractivity contribution in [3.63, 3.8) is 0 Å². The summed E-state index contributed by atoms with van der Waals surface area (Å²) in [4.78, 5) is 15.8. The van der Waals surface area contributed by atoms with Gasteiger partial charge < -0.3 is 0 Å². The molecule has 0 aliphatic heterocycles. The Bertz CT molecular complexity index is 833. The summed E-state index contributed by atoms with van der Waals surface area (Å²) in [5, 5.41) is 0. The van der Waals surface area contributed by atoms with Crippen molar-refractivity contribution in [3.05, 3.63) is 108 Å². The van der Waals surface area contributed by atoms with Gasteiger partial charge in [-0.05, 0) is 35.4 Å². The highest BCUT2D eigenvalue weighted by molar-refractivity contribution is 5.84. The molecule has 0 aromatic heterocycles. The van der Waals surface area contributed by atoms with Gasteiger partial charge in [-0.2, -0.15) is 0 Å². The molecule has 0 aliphatic carbocycles. The molecule has 0 amide bonds. The minimum atomic E-state index is -0.133. The number of hydrogen-bond donors (Lipinski definition) is 0. The van der Waals surface area contributed by atoms with Crippen LogP contribution in [0.3, 0.4) is 0 Å². The second kappa shape index (κ2) is 11.5. The van der Waals surface area contributed by atoms with Crippen molar-refractivity contribution in [2.75, 3.05) is 0 Å². The van der Waals surface area contributed by atoms with Crippen LogP contribution >= 0.6 is 0 Å². The minimum Gasteiger partial charge on any atom is -0.298 e. The maximum atomic E-state index is 13.4. The average Bonchev–Trinajstić information content (AvgIpc) is 2.77. The van der Waals surface area contributed by atoms with Crippen LogP contribution in [0.2, 0.25) is 0 Å². The first-order valence-electron chi connectivity index (χ1n) is 11.0. The number of ketones is 1. The molecule has 3 aromatic carbocycles. The van der Waals surface area contributed by atoms with E-state index in [9.17, 15) is 4.79 Å². The van der Waals surface area contributed by atoms with Crippen LogP contribution in [0.15, 0.2) is 91.0 Å². The van der Waals surface area contributed by atoms with Crippen molar-refractivity contribution in [2.45, 2.75) is 52.2 Å². The Morgan fingerprint density at radius 3 is 1.57 bits per heavy atom. The monoisotopic (exact) mass is 399 g/mol. The summed E-state index contributed by atoms with van der Waals surface area (Å²) in [5.74, 6) is 0.877. The molecule has 0 aliphatic rings. The normalized spacial score (nSPS) is 12.3. The van der Waals surface area contributed by atoms with Crippen LogP contribution in [0.4, 0.5) is 0 Å². The van der Waals surface area contributed by atoms with Gasteiger partial charge in [-0.3, -0.25) is 9.69 Å². The summed E-state index contributed by atoms with van der Waals surface area (Å²) in [6.07, 6.45) is 2.32. The van der Waals surface area contributed by atoms with E-state index in [0.717, 1.165) is 25.9 Å². The molecule has 0 saturated carbocycles. The average molecular weight is 400 g/mol. The maximum absolute atomic E-state index is 13.4. The summed E-state index contributed by atoms with van der Waals surface area (Å²) >= 11 is 0. The molecule has 0 heterocycles. The summed E-state index contributed by atoms with van der Waals surface area (Å²) in [6.45, 7) is 5.90. The molecule has 0 unspecified atom stereocenters. The van der Waals surface area contributed by atoms with Crippen molar-refractivity contribution in [3.8, 4) is 0 Å². The Morgan fingerprint density at radius 1 is 0.700 bits per heavy atom. The van der Waals surface area contributed by atoms with Crippen LogP contribution in [-0.4, -0.2) is 16.7 Å². The maximum Gasteiger partial charge on any atom is 0.150 e. The predicted molar refractivity (Wildman–Crippen MR) is 125 cm³/mol. The highest BCUT2D eigenvalue weighted by Gasteiger charge is 2.26. The first-order chi connectivity index (χ1) is 14.6. The van der Waals surface area contributed by atoms with Gasteiger partial charge >= 0.3 is 0 Å². The zero-order valence-electron chi connectivity index (χ0n) is 18.2. The molecule has 0 fully saturated rings. The molecule has 2 heteroatoms.